The number of pyridine rings is 1. The van der Waals surface area contributed by atoms with Gasteiger partial charge in [-0.3, -0.25) is 9.78 Å². The molecule has 4 N–H and O–H groups in total. The van der Waals surface area contributed by atoms with Crippen LogP contribution in [0.5, 0.6) is 0 Å². The Balaban J connectivity index is 2.74. The average molecular weight is 267 g/mol. The average Bonchev–Trinajstić information content (AvgIpc) is 2.38. The topological polar surface area (TPSA) is 132 Å². The molecule has 0 aliphatic heterocycles. The number of hydrogen-bond donors (Lipinski definition) is 3. The van der Waals surface area contributed by atoms with Crippen LogP contribution in [0.1, 0.15) is 17.3 Å². The van der Waals surface area contributed by atoms with Gasteiger partial charge in [0.15, 0.2) is 6.04 Å². The molecule has 1 aromatic rings. The number of aromatic nitrogens is 1. The van der Waals surface area contributed by atoms with Crippen LogP contribution in [-0.2, 0) is 14.3 Å². The van der Waals surface area contributed by atoms with Crippen LogP contribution in [0, 0.1) is 0 Å². The number of carbonyl (C=O) groups is 3. The number of amides is 1. The molecule has 1 aromatic heterocycles. The minimum Gasteiger partial charge on any atom is -0.478 e. The molecule has 102 valence electrons. The van der Waals surface area contributed by atoms with Gasteiger partial charge in [0.1, 0.15) is 0 Å². The molecule has 0 radical (unpaired) electrons. The fourth-order valence-electron chi connectivity index (χ4n) is 1.18. The molecule has 0 saturated heterocycles. The largest absolute Gasteiger partial charge is 0.478 e. The van der Waals surface area contributed by atoms with E-state index in [2.05, 4.69) is 15.0 Å². The van der Waals surface area contributed by atoms with E-state index in [1.165, 1.54) is 12.3 Å². The highest BCUT2D eigenvalue weighted by atomic mass is 16.5. The van der Waals surface area contributed by atoms with E-state index in [9.17, 15) is 14.4 Å². The Kier molecular flexibility index (Phi) is 4.95. The quantitative estimate of drug-likeness (QED) is 0.488. The number of anilines is 1. The number of aromatic carboxylic acids is 1. The molecule has 0 bridgehead atoms. The fourth-order valence-corrected chi connectivity index (χ4v) is 1.18. The van der Waals surface area contributed by atoms with Gasteiger partial charge in [-0.15, -0.1) is 0 Å². The third-order valence-corrected chi connectivity index (χ3v) is 2.08. The van der Waals surface area contributed by atoms with Gasteiger partial charge in [-0.25, -0.2) is 9.59 Å². The van der Waals surface area contributed by atoms with Crippen molar-refractivity contribution in [3.05, 3.63) is 24.0 Å². The van der Waals surface area contributed by atoms with Crippen LogP contribution < -0.4 is 11.1 Å². The van der Waals surface area contributed by atoms with Crippen LogP contribution in [0.2, 0.25) is 0 Å². The summed E-state index contributed by atoms with van der Waals surface area (Å²) >= 11 is 0. The summed E-state index contributed by atoms with van der Waals surface area (Å²) in [6.07, 6.45) is 2.37. The fraction of sp³-hybridized carbons (Fsp3) is 0.273. The molecule has 0 aliphatic rings. The zero-order chi connectivity index (χ0) is 14.4. The van der Waals surface area contributed by atoms with Gasteiger partial charge >= 0.3 is 11.9 Å². The standard InChI is InChI=1S/C11H13N3O5/c1-2-19-11(18)8(12)9(15)14-7-3-6(10(16)17)4-13-5-7/h3-5,8H,2,12H2,1H3,(H,14,15)(H,16,17). The maximum absolute atomic E-state index is 11.6. The van der Waals surface area contributed by atoms with E-state index in [0.29, 0.717) is 0 Å². The number of carbonyl (C=O) groups excluding carboxylic acids is 2. The molecule has 1 heterocycles. The lowest BCUT2D eigenvalue weighted by Gasteiger charge is -2.11. The first-order chi connectivity index (χ1) is 8.95. The summed E-state index contributed by atoms with van der Waals surface area (Å²) < 4.78 is 4.59. The molecule has 1 unspecified atom stereocenters. The predicted molar refractivity (Wildman–Crippen MR) is 64.4 cm³/mol. The molecule has 1 rings (SSSR count). The number of hydrogen-bond acceptors (Lipinski definition) is 6. The maximum atomic E-state index is 11.6. The first kappa shape index (κ1) is 14.6. The number of carboxylic acids is 1. The monoisotopic (exact) mass is 267 g/mol. The molecule has 0 aliphatic carbocycles. The second kappa shape index (κ2) is 6.45. The van der Waals surface area contributed by atoms with E-state index in [0.717, 1.165) is 6.20 Å². The Bertz CT molecular complexity index is 503. The third-order valence-electron chi connectivity index (χ3n) is 2.08. The Morgan fingerprint density at radius 3 is 2.74 bits per heavy atom. The summed E-state index contributed by atoms with van der Waals surface area (Å²) in [6, 6.07) is -0.279. The molecule has 0 saturated carbocycles. The minimum atomic E-state index is -1.48. The van der Waals surface area contributed by atoms with Crippen molar-refractivity contribution in [3.8, 4) is 0 Å². The molecular weight excluding hydrogens is 254 g/mol. The number of nitrogens with two attached hydrogens (primary N) is 1. The number of nitrogens with one attached hydrogen (secondary N) is 1. The molecule has 8 nitrogen and oxygen atoms in total. The van der Waals surface area contributed by atoms with E-state index in [1.807, 2.05) is 0 Å². The Hall–Kier alpha value is -2.48. The lowest BCUT2D eigenvalue weighted by atomic mass is 10.2. The van der Waals surface area contributed by atoms with Crippen LogP contribution >= 0.6 is 0 Å². The molecule has 19 heavy (non-hydrogen) atoms. The summed E-state index contributed by atoms with van der Waals surface area (Å²) in [5.41, 5.74) is 5.40. The number of carboxylic acid groups (broad SMARTS) is 1. The van der Waals surface area contributed by atoms with Crippen molar-refractivity contribution in [2.75, 3.05) is 11.9 Å². The van der Waals surface area contributed by atoms with Gasteiger partial charge in [0.25, 0.3) is 5.91 Å². The van der Waals surface area contributed by atoms with Crippen LogP contribution in [0.3, 0.4) is 0 Å². The highest BCUT2D eigenvalue weighted by molar-refractivity contribution is 6.08. The van der Waals surface area contributed by atoms with Gasteiger partial charge in [0, 0.05) is 6.20 Å². The van der Waals surface area contributed by atoms with Crippen molar-refractivity contribution in [1.82, 2.24) is 4.98 Å². The minimum absolute atomic E-state index is 0.0949. The summed E-state index contributed by atoms with van der Waals surface area (Å²) in [4.78, 5) is 37.2. The van der Waals surface area contributed by atoms with Gasteiger partial charge in [0.05, 0.1) is 24.1 Å². The molecule has 0 spiro atoms. The maximum Gasteiger partial charge on any atom is 0.337 e. The van der Waals surface area contributed by atoms with E-state index < -0.39 is 23.9 Å². The first-order valence-corrected chi connectivity index (χ1v) is 5.37. The Morgan fingerprint density at radius 2 is 2.16 bits per heavy atom. The Labute approximate surface area is 108 Å². The van der Waals surface area contributed by atoms with Crippen LogP contribution in [0.4, 0.5) is 5.69 Å². The second-order valence-electron chi connectivity index (χ2n) is 3.49. The van der Waals surface area contributed by atoms with Crippen molar-refractivity contribution < 1.29 is 24.2 Å². The molecule has 1 amide bonds. The number of ether oxygens (including phenoxy) is 1. The molecule has 8 heteroatoms. The van der Waals surface area contributed by atoms with Gasteiger partial charge in [0.2, 0.25) is 0 Å². The summed E-state index contributed by atoms with van der Waals surface area (Å²) in [5.74, 6) is -2.84. The molecular formula is C11H13N3O5. The number of nitrogens with zero attached hydrogens (tertiary/aromatic N) is 1. The van der Waals surface area contributed by atoms with Crippen molar-refractivity contribution in [1.29, 1.82) is 0 Å². The smallest absolute Gasteiger partial charge is 0.337 e. The van der Waals surface area contributed by atoms with Gasteiger partial charge in [-0.05, 0) is 13.0 Å². The highest BCUT2D eigenvalue weighted by Gasteiger charge is 2.23. The van der Waals surface area contributed by atoms with Crippen molar-refractivity contribution >= 4 is 23.5 Å². The zero-order valence-electron chi connectivity index (χ0n) is 10.1. The molecule has 0 aromatic carbocycles. The van der Waals surface area contributed by atoms with Gasteiger partial charge in [-0.1, -0.05) is 0 Å². The van der Waals surface area contributed by atoms with Crippen molar-refractivity contribution in [3.63, 3.8) is 0 Å². The Morgan fingerprint density at radius 1 is 1.47 bits per heavy atom. The number of esters is 1. The van der Waals surface area contributed by atoms with Crippen LogP contribution in [-0.4, -0.2) is 40.6 Å². The number of rotatable bonds is 5. The summed E-state index contributed by atoms with van der Waals surface area (Å²) in [6.45, 7) is 1.69. The van der Waals surface area contributed by atoms with Crippen LogP contribution in [0.15, 0.2) is 18.5 Å². The molecule has 0 fully saturated rings. The first-order valence-electron chi connectivity index (χ1n) is 5.37. The van der Waals surface area contributed by atoms with Gasteiger partial charge < -0.3 is 20.9 Å². The third kappa shape index (κ3) is 4.03. The van der Waals surface area contributed by atoms with Crippen molar-refractivity contribution in [2.45, 2.75) is 13.0 Å². The SMILES string of the molecule is CCOC(=O)C(N)C(=O)Nc1cncc(C(=O)O)c1. The lowest BCUT2D eigenvalue weighted by Crippen LogP contribution is -2.43. The molecule has 1 atom stereocenters. The van der Waals surface area contributed by atoms with E-state index >= 15 is 0 Å². The summed E-state index contributed by atoms with van der Waals surface area (Å²) in [7, 11) is 0. The zero-order valence-corrected chi connectivity index (χ0v) is 10.1. The summed E-state index contributed by atoms with van der Waals surface area (Å²) in [5, 5.41) is 11.0. The van der Waals surface area contributed by atoms with Gasteiger partial charge in [-0.2, -0.15) is 0 Å². The lowest BCUT2D eigenvalue weighted by molar-refractivity contribution is -0.146. The van der Waals surface area contributed by atoms with Crippen molar-refractivity contribution in [2.24, 2.45) is 5.73 Å². The van der Waals surface area contributed by atoms with E-state index in [4.69, 9.17) is 10.8 Å². The normalized spacial score (nSPS) is 11.5. The van der Waals surface area contributed by atoms with Crippen LogP contribution in [0.25, 0.3) is 0 Å². The highest BCUT2D eigenvalue weighted by Crippen LogP contribution is 2.08. The van der Waals surface area contributed by atoms with E-state index in [1.54, 1.807) is 6.92 Å². The second-order valence-corrected chi connectivity index (χ2v) is 3.49. The van der Waals surface area contributed by atoms with E-state index in [-0.39, 0.29) is 17.9 Å². The predicted octanol–water partition coefficient (Wildman–Crippen LogP) is -0.391.